The van der Waals surface area contributed by atoms with Gasteiger partial charge in [0.05, 0.1) is 13.2 Å². The fourth-order valence-electron chi connectivity index (χ4n) is 5.26. The lowest BCUT2D eigenvalue weighted by atomic mass is 10.1. The van der Waals surface area contributed by atoms with Crippen molar-refractivity contribution in [3.8, 4) is 0 Å². The van der Waals surface area contributed by atoms with Gasteiger partial charge in [-0.15, -0.1) is 0 Å². The molecule has 4 N–H and O–H groups in total. The molecule has 312 valence electrons. The van der Waals surface area contributed by atoms with Crippen LogP contribution in [0.3, 0.4) is 0 Å². The SMILES string of the molecule is CCCCC/C=C/C/C=C/CCCCCCCC(=O)O[C@H](COC(=O)CCCCCCC/C=C/C=C/CCCCCC)COP(=O)(O)OC[C@H](N)C(=O)O. The highest BCUT2D eigenvalue weighted by Crippen LogP contribution is 2.43. The molecule has 0 aliphatic heterocycles. The molecule has 0 bridgehead atoms. The molecule has 0 aliphatic rings. The van der Waals surface area contributed by atoms with Gasteiger partial charge in [0, 0.05) is 12.8 Å². The monoisotopic (exact) mass is 784 g/mol. The van der Waals surface area contributed by atoms with Gasteiger partial charge in [-0.05, 0) is 70.6 Å². The average molecular weight is 784 g/mol. The van der Waals surface area contributed by atoms with E-state index in [-0.39, 0.29) is 19.4 Å². The Balaban J connectivity index is 4.46. The van der Waals surface area contributed by atoms with E-state index in [4.69, 9.17) is 24.8 Å². The van der Waals surface area contributed by atoms with Gasteiger partial charge in [0.1, 0.15) is 12.6 Å². The molecule has 0 amide bonds. The van der Waals surface area contributed by atoms with E-state index >= 15 is 0 Å². The zero-order valence-corrected chi connectivity index (χ0v) is 34.4. The van der Waals surface area contributed by atoms with Gasteiger partial charge in [0.25, 0.3) is 0 Å². The number of carboxylic acid groups (broad SMARTS) is 1. The lowest BCUT2D eigenvalue weighted by Crippen LogP contribution is -2.34. The van der Waals surface area contributed by atoms with Crippen molar-refractivity contribution in [1.29, 1.82) is 0 Å². The zero-order chi connectivity index (χ0) is 40.0. The number of carboxylic acids is 1. The van der Waals surface area contributed by atoms with E-state index < -0.39 is 51.1 Å². The minimum absolute atomic E-state index is 0.140. The van der Waals surface area contributed by atoms with Gasteiger partial charge >= 0.3 is 25.7 Å². The van der Waals surface area contributed by atoms with Crippen LogP contribution in [0.4, 0.5) is 0 Å². The van der Waals surface area contributed by atoms with Crippen LogP contribution in [0.2, 0.25) is 0 Å². The van der Waals surface area contributed by atoms with Crippen molar-refractivity contribution in [1.82, 2.24) is 0 Å². The smallest absolute Gasteiger partial charge is 0.472 e. The van der Waals surface area contributed by atoms with E-state index in [1.54, 1.807) is 0 Å². The van der Waals surface area contributed by atoms with Crippen molar-refractivity contribution in [2.75, 3.05) is 19.8 Å². The van der Waals surface area contributed by atoms with Crippen molar-refractivity contribution in [2.24, 2.45) is 5.73 Å². The number of allylic oxidation sites excluding steroid dienone is 8. The molecule has 1 unspecified atom stereocenters. The summed E-state index contributed by atoms with van der Waals surface area (Å²) in [5.74, 6) is -2.42. The highest BCUT2D eigenvalue weighted by molar-refractivity contribution is 7.47. The maximum absolute atomic E-state index is 12.6. The summed E-state index contributed by atoms with van der Waals surface area (Å²) in [4.78, 5) is 45.9. The predicted octanol–water partition coefficient (Wildman–Crippen LogP) is 10.6. The Morgan fingerprint density at radius 1 is 0.593 bits per heavy atom. The molecule has 12 heteroatoms. The van der Waals surface area contributed by atoms with Gasteiger partial charge in [0.15, 0.2) is 6.10 Å². The normalized spacial score (nSPS) is 14.3. The van der Waals surface area contributed by atoms with Crippen LogP contribution in [-0.4, -0.2) is 59.9 Å². The molecule has 0 radical (unpaired) electrons. The molecule has 0 saturated carbocycles. The second kappa shape index (κ2) is 37.4. The molecule has 54 heavy (non-hydrogen) atoms. The van der Waals surface area contributed by atoms with Gasteiger partial charge in [-0.1, -0.05) is 133 Å². The third kappa shape index (κ3) is 36.4. The summed E-state index contributed by atoms with van der Waals surface area (Å²) in [6.07, 6.45) is 40.3. The maximum atomic E-state index is 12.6. The third-order valence-corrected chi connectivity index (χ3v) is 9.53. The number of esters is 2. The number of carbonyl (C=O) groups excluding carboxylic acids is 2. The topological polar surface area (TPSA) is 172 Å². The Bertz CT molecular complexity index is 1110. The van der Waals surface area contributed by atoms with Crippen molar-refractivity contribution in [2.45, 2.75) is 180 Å². The largest absolute Gasteiger partial charge is 0.480 e. The first-order chi connectivity index (χ1) is 26.1. The average Bonchev–Trinajstić information content (AvgIpc) is 3.14. The summed E-state index contributed by atoms with van der Waals surface area (Å²) in [5, 5.41) is 8.87. The number of nitrogens with two attached hydrogens (primary N) is 1. The summed E-state index contributed by atoms with van der Waals surface area (Å²) < 4.78 is 32.6. The van der Waals surface area contributed by atoms with Crippen LogP contribution < -0.4 is 5.73 Å². The summed E-state index contributed by atoms with van der Waals surface area (Å²) in [7, 11) is -4.72. The number of phosphoric ester groups is 1. The lowest BCUT2D eigenvalue weighted by molar-refractivity contribution is -0.161. The lowest BCUT2D eigenvalue weighted by Gasteiger charge is -2.20. The van der Waals surface area contributed by atoms with E-state index in [0.717, 1.165) is 83.5 Å². The van der Waals surface area contributed by atoms with E-state index in [0.29, 0.717) is 12.8 Å². The number of rotatable bonds is 38. The number of ether oxygens (including phenoxy) is 2. The van der Waals surface area contributed by atoms with Crippen molar-refractivity contribution in [3.05, 3.63) is 48.6 Å². The first-order valence-electron chi connectivity index (χ1n) is 20.7. The van der Waals surface area contributed by atoms with Crippen molar-refractivity contribution >= 4 is 25.7 Å². The molecule has 0 spiro atoms. The molecule has 3 atom stereocenters. The molecular formula is C42H74NO10P. The second-order valence-corrected chi connectivity index (χ2v) is 15.2. The Hall–Kier alpha value is -2.56. The van der Waals surface area contributed by atoms with Crippen LogP contribution in [0.1, 0.15) is 168 Å². The fourth-order valence-corrected chi connectivity index (χ4v) is 6.04. The molecule has 0 aromatic rings. The van der Waals surface area contributed by atoms with E-state index in [1.807, 2.05) is 0 Å². The first-order valence-corrected chi connectivity index (χ1v) is 22.2. The summed E-state index contributed by atoms with van der Waals surface area (Å²) >= 11 is 0. The van der Waals surface area contributed by atoms with Crippen LogP contribution in [0, 0.1) is 0 Å². The molecule has 0 fully saturated rings. The standard InChI is InChI=1S/C42H74NO10P/c1-3-5-7-9-11-13-15-17-19-21-23-25-27-29-31-33-40(44)50-35-38(36-51-54(48,49)52-37-39(43)42(46)47)53-41(45)34-32-30-28-26-24-22-20-18-16-14-12-10-8-6-4-2/h12-15,17-20,38-39H,3-11,16,21-37,43H2,1-2H3,(H,46,47)(H,48,49)/b14-12+,15-13+,19-17+,20-18+/t38-,39+/m1/s1. The Labute approximate surface area is 326 Å². The summed E-state index contributed by atoms with van der Waals surface area (Å²) in [6.45, 7) is 2.71. The van der Waals surface area contributed by atoms with Crippen LogP contribution in [0.5, 0.6) is 0 Å². The molecule has 0 aliphatic carbocycles. The fraction of sp³-hybridized carbons (Fsp3) is 0.738. The molecule has 0 rings (SSSR count). The quantitative estimate of drug-likeness (QED) is 0.0179. The van der Waals surface area contributed by atoms with Gasteiger partial charge < -0.3 is 25.2 Å². The van der Waals surface area contributed by atoms with Gasteiger partial charge in [-0.3, -0.25) is 23.4 Å². The third-order valence-electron chi connectivity index (χ3n) is 8.58. The second-order valence-electron chi connectivity index (χ2n) is 13.8. The molecule has 0 saturated heterocycles. The maximum Gasteiger partial charge on any atom is 0.472 e. The van der Waals surface area contributed by atoms with Crippen molar-refractivity contribution in [3.63, 3.8) is 0 Å². The number of hydrogen-bond donors (Lipinski definition) is 3. The zero-order valence-electron chi connectivity index (χ0n) is 33.6. The molecule has 0 aromatic carbocycles. The minimum atomic E-state index is -4.72. The molecule has 11 nitrogen and oxygen atoms in total. The highest BCUT2D eigenvalue weighted by Gasteiger charge is 2.28. The highest BCUT2D eigenvalue weighted by atomic mass is 31.2. The van der Waals surface area contributed by atoms with Crippen molar-refractivity contribution < 1.29 is 47.5 Å². The van der Waals surface area contributed by atoms with Gasteiger partial charge in [0.2, 0.25) is 0 Å². The summed E-state index contributed by atoms with van der Waals surface area (Å²) in [6, 6.07) is -1.53. The van der Waals surface area contributed by atoms with Gasteiger partial charge in [-0.2, -0.15) is 0 Å². The Kier molecular flexibility index (Phi) is 35.6. The van der Waals surface area contributed by atoms with E-state index in [2.05, 4.69) is 67.0 Å². The Morgan fingerprint density at radius 2 is 1.04 bits per heavy atom. The van der Waals surface area contributed by atoms with Gasteiger partial charge in [-0.25, -0.2) is 4.57 Å². The molecule has 0 aromatic heterocycles. The van der Waals surface area contributed by atoms with E-state index in [1.165, 1.54) is 44.9 Å². The summed E-state index contributed by atoms with van der Waals surface area (Å²) in [5.41, 5.74) is 5.32. The minimum Gasteiger partial charge on any atom is -0.480 e. The predicted molar refractivity (Wildman–Crippen MR) is 217 cm³/mol. The molecule has 0 heterocycles. The van der Waals surface area contributed by atoms with Crippen LogP contribution >= 0.6 is 7.82 Å². The number of phosphoric acid groups is 1. The number of hydrogen-bond acceptors (Lipinski definition) is 9. The van der Waals surface area contributed by atoms with E-state index in [9.17, 15) is 23.8 Å². The van der Waals surface area contributed by atoms with Crippen LogP contribution in [0.25, 0.3) is 0 Å². The first kappa shape index (κ1) is 51.4. The van der Waals surface area contributed by atoms with Crippen LogP contribution in [0.15, 0.2) is 48.6 Å². The number of carbonyl (C=O) groups is 3. The van der Waals surface area contributed by atoms with Crippen LogP contribution in [-0.2, 0) is 37.5 Å². The number of unbranched alkanes of at least 4 members (excludes halogenated alkanes) is 17. The molecular weight excluding hydrogens is 709 g/mol. The number of aliphatic carboxylic acids is 1. The Morgan fingerprint density at radius 3 is 1.59 bits per heavy atom.